The van der Waals surface area contributed by atoms with Gasteiger partial charge in [-0.25, -0.2) is 4.39 Å². The Morgan fingerprint density at radius 2 is 1.35 bits per heavy atom. The second-order valence-corrected chi connectivity index (χ2v) is 4.75. The Hall–Kier alpha value is -1.88. The van der Waals surface area contributed by atoms with Gasteiger partial charge in [0.05, 0.1) is 11.1 Å². The molecule has 0 bridgehead atoms. The van der Waals surface area contributed by atoms with Crippen LogP contribution < -0.4 is 5.73 Å². The molecular weight excluding hydrogens is 270 g/mol. The lowest BCUT2D eigenvalue weighted by atomic mass is 9.83. The van der Waals surface area contributed by atoms with E-state index in [1.165, 1.54) is 49.4 Å². The summed E-state index contributed by atoms with van der Waals surface area (Å²) in [6, 6.07) is 10.3. The van der Waals surface area contributed by atoms with Crippen molar-refractivity contribution in [2.75, 3.05) is 0 Å². The second kappa shape index (κ2) is 4.90. The number of alkyl halides is 3. The summed E-state index contributed by atoms with van der Waals surface area (Å²) in [5.74, 6) is -0.464. The Morgan fingerprint density at radius 3 is 1.85 bits per heavy atom. The maximum atomic E-state index is 13.0. The number of nitrogens with two attached hydrogens (primary N) is 1. The molecule has 0 fully saturated rings. The van der Waals surface area contributed by atoms with Crippen molar-refractivity contribution in [3.8, 4) is 0 Å². The predicted molar refractivity (Wildman–Crippen MR) is 68.5 cm³/mol. The third-order valence-corrected chi connectivity index (χ3v) is 3.24. The predicted octanol–water partition coefficient (Wildman–Crippen LogP) is 4.07. The van der Waals surface area contributed by atoms with E-state index in [0.717, 1.165) is 6.07 Å². The summed E-state index contributed by atoms with van der Waals surface area (Å²) >= 11 is 0. The van der Waals surface area contributed by atoms with Crippen molar-refractivity contribution in [2.24, 2.45) is 5.73 Å². The molecule has 2 aromatic rings. The van der Waals surface area contributed by atoms with Gasteiger partial charge < -0.3 is 5.73 Å². The van der Waals surface area contributed by atoms with Crippen LogP contribution in [0.5, 0.6) is 0 Å². The Bertz CT molecular complexity index is 600. The van der Waals surface area contributed by atoms with E-state index in [4.69, 9.17) is 5.73 Å². The van der Waals surface area contributed by atoms with E-state index in [2.05, 4.69) is 0 Å². The third-order valence-electron chi connectivity index (χ3n) is 3.24. The molecule has 2 rings (SSSR count). The molecule has 0 saturated heterocycles. The van der Waals surface area contributed by atoms with Gasteiger partial charge in [0.1, 0.15) is 5.82 Å². The summed E-state index contributed by atoms with van der Waals surface area (Å²) in [4.78, 5) is 0. The molecule has 0 amide bonds. The number of hydrogen-bond acceptors (Lipinski definition) is 1. The van der Waals surface area contributed by atoms with Crippen LogP contribution in [0.15, 0.2) is 48.5 Å². The van der Waals surface area contributed by atoms with Gasteiger partial charge >= 0.3 is 6.18 Å². The largest absolute Gasteiger partial charge is 0.416 e. The molecule has 0 radical (unpaired) electrons. The fraction of sp³-hybridized carbons (Fsp3) is 0.200. The van der Waals surface area contributed by atoms with Crippen LogP contribution in [0.4, 0.5) is 17.6 Å². The van der Waals surface area contributed by atoms with E-state index < -0.39 is 23.1 Å². The smallest absolute Gasteiger partial charge is 0.318 e. The number of benzene rings is 2. The monoisotopic (exact) mass is 283 g/mol. The Labute approximate surface area is 114 Å². The van der Waals surface area contributed by atoms with E-state index in [1.807, 2.05) is 0 Å². The van der Waals surface area contributed by atoms with Crippen LogP contribution in [0.2, 0.25) is 0 Å². The van der Waals surface area contributed by atoms with Gasteiger partial charge in [0.25, 0.3) is 0 Å². The first-order chi connectivity index (χ1) is 9.23. The van der Waals surface area contributed by atoms with Gasteiger partial charge in [-0.1, -0.05) is 30.3 Å². The SMILES string of the molecule is CC(N)(c1ccc(F)cc1)c1ccccc1C(F)(F)F. The molecule has 2 aromatic carbocycles. The van der Waals surface area contributed by atoms with Crippen LogP contribution in [-0.4, -0.2) is 0 Å². The summed E-state index contributed by atoms with van der Waals surface area (Å²) in [6.45, 7) is 1.48. The summed E-state index contributed by atoms with van der Waals surface area (Å²) in [7, 11) is 0. The number of rotatable bonds is 2. The highest BCUT2D eigenvalue weighted by Crippen LogP contribution is 2.38. The summed E-state index contributed by atoms with van der Waals surface area (Å²) < 4.78 is 52.1. The average molecular weight is 283 g/mol. The summed E-state index contributed by atoms with van der Waals surface area (Å²) in [5, 5.41) is 0. The van der Waals surface area contributed by atoms with Crippen molar-refractivity contribution in [3.05, 3.63) is 71.0 Å². The van der Waals surface area contributed by atoms with Gasteiger partial charge in [0.15, 0.2) is 0 Å². The lowest BCUT2D eigenvalue weighted by molar-refractivity contribution is -0.138. The van der Waals surface area contributed by atoms with E-state index >= 15 is 0 Å². The van der Waals surface area contributed by atoms with Gasteiger partial charge in [-0.2, -0.15) is 13.2 Å². The molecule has 1 unspecified atom stereocenters. The van der Waals surface area contributed by atoms with E-state index in [1.54, 1.807) is 0 Å². The number of hydrogen-bond donors (Lipinski definition) is 1. The van der Waals surface area contributed by atoms with Crippen molar-refractivity contribution in [3.63, 3.8) is 0 Å². The lowest BCUT2D eigenvalue weighted by Crippen LogP contribution is -2.36. The molecule has 0 heterocycles. The molecule has 1 atom stereocenters. The molecule has 0 aromatic heterocycles. The normalized spacial score (nSPS) is 14.9. The van der Waals surface area contributed by atoms with Crippen molar-refractivity contribution in [2.45, 2.75) is 18.6 Å². The van der Waals surface area contributed by atoms with Gasteiger partial charge in [0.2, 0.25) is 0 Å². The highest BCUT2D eigenvalue weighted by molar-refractivity contribution is 5.43. The van der Waals surface area contributed by atoms with Crippen LogP contribution in [0.3, 0.4) is 0 Å². The zero-order valence-corrected chi connectivity index (χ0v) is 10.7. The number of halogens is 4. The Morgan fingerprint density at radius 1 is 0.850 bits per heavy atom. The lowest BCUT2D eigenvalue weighted by Gasteiger charge is -2.29. The van der Waals surface area contributed by atoms with Crippen LogP contribution >= 0.6 is 0 Å². The molecule has 106 valence electrons. The van der Waals surface area contributed by atoms with E-state index in [-0.39, 0.29) is 5.56 Å². The maximum Gasteiger partial charge on any atom is 0.416 e. The minimum atomic E-state index is -4.49. The fourth-order valence-electron chi connectivity index (χ4n) is 2.13. The first-order valence-electron chi connectivity index (χ1n) is 5.94. The zero-order chi connectivity index (χ0) is 15.0. The van der Waals surface area contributed by atoms with Crippen molar-refractivity contribution in [1.29, 1.82) is 0 Å². The first kappa shape index (κ1) is 14.5. The maximum absolute atomic E-state index is 13.0. The molecule has 0 saturated carbocycles. The summed E-state index contributed by atoms with van der Waals surface area (Å²) in [6.07, 6.45) is -4.49. The highest BCUT2D eigenvalue weighted by Gasteiger charge is 2.38. The molecule has 5 heteroatoms. The summed E-state index contributed by atoms with van der Waals surface area (Å²) in [5.41, 5.74) is 4.31. The molecule has 0 aliphatic heterocycles. The Balaban J connectivity index is 2.57. The molecule has 0 spiro atoms. The average Bonchev–Trinajstić information content (AvgIpc) is 2.38. The van der Waals surface area contributed by atoms with Gasteiger partial charge in [-0.3, -0.25) is 0 Å². The molecule has 20 heavy (non-hydrogen) atoms. The van der Waals surface area contributed by atoms with E-state index in [0.29, 0.717) is 5.56 Å². The van der Waals surface area contributed by atoms with Crippen LogP contribution in [0.1, 0.15) is 23.6 Å². The highest BCUT2D eigenvalue weighted by atomic mass is 19.4. The quantitative estimate of drug-likeness (QED) is 0.826. The van der Waals surface area contributed by atoms with Gasteiger partial charge in [-0.05, 0) is 36.2 Å². The van der Waals surface area contributed by atoms with Crippen molar-refractivity contribution < 1.29 is 17.6 Å². The minimum Gasteiger partial charge on any atom is -0.318 e. The first-order valence-corrected chi connectivity index (χ1v) is 5.94. The minimum absolute atomic E-state index is 0.0425. The van der Waals surface area contributed by atoms with Gasteiger partial charge in [0, 0.05) is 0 Å². The van der Waals surface area contributed by atoms with Crippen LogP contribution in [0, 0.1) is 5.82 Å². The fourth-order valence-corrected chi connectivity index (χ4v) is 2.13. The standard InChI is InChI=1S/C15H13F4N/c1-14(20,10-6-8-11(16)9-7-10)12-4-2-3-5-13(12)15(17,18)19/h2-9H,20H2,1H3. The second-order valence-electron chi connectivity index (χ2n) is 4.75. The van der Waals surface area contributed by atoms with Crippen LogP contribution in [-0.2, 0) is 11.7 Å². The molecule has 1 nitrogen and oxygen atoms in total. The molecule has 0 aliphatic rings. The topological polar surface area (TPSA) is 26.0 Å². The van der Waals surface area contributed by atoms with E-state index in [9.17, 15) is 17.6 Å². The van der Waals surface area contributed by atoms with Crippen molar-refractivity contribution in [1.82, 2.24) is 0 Å². The molecule has 0 aliphatic carbocycles. The van der Waals surface area contributed by atoms with Gasteiger partial charge in [-0.15, -0.1) is 0 Å². The van der Waals surface area contributed by atoms with Crippen LogP contribution in [0.25, 0.3) is 0 Å². The third kappa shape index (κ3) is 2.67. The van der Waals surface area contributed by atoms with Crippen molar-refractivity contribution >= 4 is 0 Å². The molecule has 2 N–H and O–H groups in total. The molecular formula is C15H13F4N. The zero-order valence-electron chi connectivity index (χ0n) is 10.7. The Kier molecular flexibility index (Phi) is 3.56.